The normalized spacial score (nSPS) is 22.8. The first-order valence-corrected chi connectivity index (χ1v) is 4.66. The molecule has 0 fully saturated rings. The zero-order chi connectivity index (χ0) is 11.7. The van der Waals surface area contributed by atoms with E-state index >= 15 is 0 Å². The summed E-state index contributed by atoms with van der Waals surface area (Å²) in [6.45, 7) is 0.233. The summed E-state index contributed by atoms with van der Waals surface area (Å²) in [5, 5.41) is 20.4. The third-order valence-corrected chi connectivity index (χ3v) is 2.42. The molecule has 16 heavy (non-hydrogen) atoms. The van der Waals surface area contributed by atoms with Gasteiger partial charge in [0.25, 0.3) is 0 Å². The van der Waals surface area contributed by atoms with Crippen molar-refractivity contribution in [1.29, 1.82) is 0 Å². The summed E-state index contributed by atoms with van der Waals surface area (Å²) in [5.41, 5.74) is 1.43. The van der Waals surface area contributed by atoms with Crippen LogP contribution in [0.2, 0.25) is 0 Å². The molecule has 0 aromatic rings. The number of dihydropyridines is 1. The summed E-state index contributed by atoms with van der Waals surface area (Å²) in [7, 11) is 0. The summed E-state index contributed by atoms with van der Waals surface area (Å²) in [6, 6.07) is -0.750. The third kappa shape index (κ3) is 1.77. The fourth-order valence-electron chi connectivity index (χ4n) is 1.58. The second-order valence-corrected chi connectivity index (χ2v) is 3.48. The molecule has 2 heterocycles. The van der Waals surface area contributed by atoms with Gasteiger partial charge in [0.05, 0.1) is 6.54 Å². The molecule has 2 rings (SSSR count). The molecular formula is C10H10N2O4. The van der Waals surface area contributed by atoms with E-state index in [9.17, 15) is 9.59 Å². The summed E-state index contributed by atoms with van der Waals surface area (Å²) in [6.07, 6.45) is 5.08. The Hall–Kier alpha value is -2.24. The molecule has 0 spiro atoms. The van der Waals surface area contributed by atoms with Crippen molar-refractivity contribution in [3.05, 3.63) is 35.7 Å². The maximum atomic E-state index is 10.7. The van der Waals surface area contributed by atoms with Crippen LogP contribution in [0.5, 0.6) is 0 Å². The Morgan fingerprint density at radius 1 is 1.38 bits per heavy atom. The van der Waals surface area contributed by atoms with E-state index in [1.54, 1.807) is 12.2 Å². The number of amides is 1. The number of aliphatic carboxylic acids is 1. The Balaban J connectivity index is 2.16. The standard InChI is InChI=1S/C10H10N2O4/c13-9(14)8-2-1-6-5-12(10(15)16)4-3-7(6)11-8/h1-4,8,11H,5H2,(H,13,14)(H,15,16). The largest absolute Gasteiger partial charge is 0.479 e. The summed E-state index contributed by atoms with van der Waals surface area (Å²) < 4.78 is 0. The highest BCUT2D eigenvalue weighted by molar-refractivity contribution is 5.77. The molecule has 6 heteroatoms. The van der Waals surface area contributed by atoms with Crippen LogP contribution in [0.15, 0.2) is 35.7 Å². The summed E-state index contributed by atoms with van der Waals surface area (Å²) in [4.78, 5) is 22.6. The molecule has 6 nitrogen and oxygen atoms in total. The molecule has 0 aliphatic carbocycles. The number of carboxylic acid groups (broad SMARTS) is 2. The molecule has 0 aromatic heterocycles. The van der Waals surface area contributed by atoms with Crippen molar-refractivity contribution >= 4 is 12.1 Å². The second-order valence-electron chi connectivity index (χ2n) is 3.48. The Labute approximate surface area is 91.2 Å². The lowest BCUT2D eigenvalue weighted by molar-refractivity contribution is -0.138. The molecular weight excluding hydrogens is 212 g/mol. The first-order chi connectivity index (χ1) is 7.58. The van der Waals surface area contributed by atoms with Crippen LogP contribution in [0.1, 0.15) is 0 Å². The number of allylic oxidation sites excluding steroid dienone is 1. The van der Waals surface area contributed by atoms with Crippen molar-refractivity contribution in [3.63, 3.8) is 0 Å². The molecule has 0 bridgehead atoms. The monoisotopic (exact) mass is 222 g/mol. The Bertz CT molecular complexity index is 396. The maximum Gasteiger partial charge on any atom is 0.411 e. The van der Waals surface area contributed by atoms with Crippen molar-refractivity contribution < 1.29 is 19.8 Å². The molecule has 0 radical (unpaired) electrons. The number of nitrogens with one attached hydrogen (secondary N) is 1. The van der Waals surface area contributed by atoms with Crippen molar-refractivity contribution in [3.8, 4) is 0 Å². The highest BCUT2D eigenvalue weighted by Gasteiger charge is 2.23. The van der Waals surface area contributed by atoms with E-state index < -0.39 is 18.1 Å². The average Bonchev–Trinajstić information content (AvgIpc) is 2.27. The zero-order valence-electron chi connectivity index (χ0n) is 8.25. The molecule has 0 saturated heterocycles. The van der Waals surface area contributed by atoms with Gasteiger partial charge >= 0.3 is 12.1 Å². The van der Waals surface area contributed by atoms with E-state index in [4.69, 9.17) is 10.2 Å². The van der Waals surface area contributed by atoms with E-state index in [1.807, 2.05) is 0 Å². The van der Waals surface area contributed by atoms with Crippen LogP contribution < -0.4 is 5.32 Å². The van der Waals surface area contributed by atoms with Crippen molar-refractivity contribution in [2.45, 2.75) is 6.04 Å². The van der Waals surface area contributed by atoms with Crippen molar-refractivity contribution in [2.24, 2.45) is 0 Å². The van der Waals surface area contributed by atoms with Crippen molar-refractivity contribution in [2.75, 3.05) is 6.54 Å². The van der Waals surface area contributed by atoms with Gasteiger partial charge in [-0.05, 0) is 11.6 Å². The zero-order valence-corrected chi connectivity index (χ0v) is 8.25. The number of hydrogen-bond acceptors (Lipinski definition) is 3. The van der Waals surface area contributed by atoms with E-state index in [1.165, 1.54) is 12.3 Å². The Kier molecular flexibility index (Phi) is 2.40. The second kappa shape index (κ2) is 3.73. The van der Waals surface area contributed by atoms with Gasteiger partial charge in [-0.25, -0.2) is 9.59 Å². The van der Waals surface area contributed by atoms with Crippen LogP contribution in [-0.4, -0.2) is 39.8 Å². The number of hydrogen-bond donors (Lipinski definition) is 3. The quantitative estimate of drug-likeness (QED) is 0.596. The van der Waals surface area contributed by atoms with Gasteiger partial charge in [-0.3, -0.25) is 4.90 Å². The fourth-order valence-corrected chi connectivity index (χ4v) is 1.58. The van der Waals surface area contributed by atoms with Gasteiger partial charge in [0, 0.05) is 11.9 Å². The van der Waals surface area contributed by atoms with Crippen molar-refractivity contribution in [1.82, 2.24) is 10.2 Å². The van der Waals surface area contributed by atoms with Gasteiger partial charge in [-0.1, -0.05) is 12.2 Å². The van der Waals surface area contributed by atoms with Gasteiger partial charge in [-0.15, -0.1) is 0 Å². The van der Waals surface area contributed by atoms with Crippen LogP contribution in [-0.2, 0) is 4.79 Å². The fraction of sp³-hybridized carbons (Fsp3) is 0.200. The lowest BCUT2D eigenvalue weighted by Gasteiger charge is -2.27. The SMILES string of the molecule is O=C(O)C1C=CC2=C(C=CN(C(=O)O)C2)N1. The third-order valence-electron chi connectivity index (χ3n) is 2.42. The first-order valence-electron chi connectivity index (χ1n) is 4.66. The predicted molar refractivity (Wildman–Crippen MR) is 54.6 cm³/mol. The van der Waals surface area contributed by atoms with Gasteiger partial charge in [0.2, 0.25) is 0 Å². The summed E-state index contributed by atoms with van der Waals surface area (Å²) >= 11 is 0. The van der Waals surface area contributed by atoms with Gasteiger partial charge < -0.3 is 15.5 Å². The molecule has 0 aromatic carbocycles. The van der Waals surface area contributed by atoms with Crippen LogP contribution in [0, 0.1) is 0 Å². The van der Waals surface area contributed by atoms with E-state index in [-0.39, 0.29) is 6.54 Å². The van der Waals surface area contributed by atoms with E-state index in [0.717, 1.165) is 10.5 Å². The highest BCUT2D eigenvalue weighted by atomic mass is 16.4. The molecule has 1 unspecified atom stereocenters. The molecule has 0 saturated carbocycles. The van der Waals surface area contributed by atoms with E-state index in [2.05, 4.69) is 5.32 Å². The highest BCUT2D eigenvalue weighted by Crippen LogP contribution is 2.18. The van der Waals surface area contributed by atoms with Gasteiger partial charge in [0.1, 0.15) is 6.04 Å². The van der Waals surface area contributed by atoms with Crippen LogP contribution in [0.3, 0.4) is 0 Å². The maximum absolute atomic E-state index is 10.7. The Morgan fingerprint density at radius 2 is 2.12 bits per heavy atom. The molecule has 3 N–H and O–H groups in total. The lowest BCUT2D eigenvalue weighted by Crippen LogP contribution is -2.39. The summed E-state index contributed by atoms with van der Waals surface area (Å²) in [5.74, 6) is -0.961. The van der Waals surface area contributed by atoms with Crippen LogP contribution in [0.4, 0.5) is 4.79 Å². The number of rotatable bonds is 1. The van der Waals surface area contributed by atoms with Crippen LogP contribution in [0.25, 0.3) is 0 Å². The molecule has 2 aliphatic rings. The number of carbonyl (C=O) groups is 2. The van der Waals surface area contributed by atoms with Gasteiger partial charge in [-0.2, -0.15) is 0 Å². The lowest BCUT2D eigenvalue weighted by atomic mass is 10.0. The predicted octanol–water partition coefficient (Wildman–Crippen LogP) is 0.360. The molecule has 84 valence electrons. The average molecular weight is 222 g/mol. The molecule has 1 amide bonds. The first kappa shape index (κ1) is 10.3. The van der Waals surface area contributed by atoms with Crippen LogP contribution >= 0.6 is 0 Å². The molecule has 2 aliphatic heterocycles. The minimum Gasteiger partial charge on any atom is -0.479 e. The number of nitrogens with zero attached hydrogens (tertiary/aromatic N) is 1. The Morgan fingerprint density at radius 3 is 2.75 bits per heavy atom. The molecule has 1 atom stereocenters. The topological polar surface area (TPSA) is 89.9 Å². The van der Waals surface area contributed by atoms with Gasteiger partial charge in [0.15, 0.2) is 0 Å². The van der Waals surface area contributed by atoms with E-state index in [0.29, 0.717) is 5.70 Å². The smallest absolute Gasteiger partial charge is 0.411 e. The number of carboxylic acids is 1. The minimum absolute atomic E-state index is 0.233. The minimum atomic E-state index is -1.03.